The number of pyridine rings is 1. The fourth-order valence-corrected chi connectivity index (χ4v) is 2.56. The number of halogens is 1. The van der Waals surface area contributed by atoms with E-state index in [0.29, 0.717) is 6.61 Å². The average Bonchev–Trinajstić information content (AvgIpc) is 2.47. The maximum absolute atomic E-state index is 8.69. The van der Waals surface area contributed by atoms with Gasteiger partial charge in [0, 0.05) is 25.2 Å². The first kappa shape index (κ1) is 20.6. The van der Waals surface area contributed by atoms with Crippen molar-refractivity contribution in [1.29, 1.82) is 0 Å². The highest BCUT2D eigenvalue weighted by Gasteiger charge is 2.00. The van der Waals surface area contributed by atoms with E-state index in [0.717, 1.165) is 13.0 Å². The molecular formula is C18H32BrNO. The Balaban J connectivity index is 0.00000400. The number of nitrogens with zero attached hydrogens (tertiary/aromatic N) is 1. The van der Waals surface area contributed by atoms with Crippen LogP contribution in [-0.2, 0) is 13.0 Å². The van der Waals surface area contributed by atoms with Crippen LogP contribution in [0.5, 0.6) is 0 Å². The molecule has 3 heteroatoms. The van der Waals surface area contributed by atoms with Gasteiger partial charge in [-0.1, -0.05) is 45.4 Å². The van der Waals surface area contributed by atoms with Gasteiger partial charge in [-0.3, -0.25) is 0 Å². The summed E-state index contributed by atoms with van der Waals surface area (Å²) in [6.45, 7) is 3.73. The van der Waals surface area contributed by atoms with Gasteiger partial charge in [0.15, 0.2) is 12.4 Å². The van der Waals surface area contributed by atoms with Gasteiger partial charge < -0.3 is 22.1 Å². The molecule has 122 valence electrons. The summed E-state index contributed by atoms with van der Waals surface area (Å²) in [4.78, 5) is 0. The van der Waals surface area contributed by atoms with Crippen LogP contribution in [0.15, 0.2) is 24.5 Å². The Bertz CT molecular complexity index is 326. The lowest BCUT2D eigenvalue weighted by atomic mass is 10.1. The van der Waals surface area contributed by atoms with Crippen LogP contribution in [0.4, 0.5) is 0 Å². The molecule has 0 amide bonds. The van der Waals surface area contributed by atoms with Crippen molar-refractivity contribution in [2.45, 2.75) is 77.7 Å². The molecule has 0 fully saturated rings. The van der Waals surface area contributed by atoms with Crippen LogP contribution in [0.2, 0.25) is 0 Å². The van der Waals surface area contributed by atoms with Gasteiger partial charge in [-0.2, -0.15) is 0 Å². The number of rotatable bonds is 12. The van der Waals surface area contributed by atoms with Crippen molar-refractivity contribution in [2.75, 3.05) is 6.61 Å². The second kappa shape index (κ2) is 14.5. The topological polar surface area (TPSA) is 24.1 Å². The summed E-state index contributed by atoms with van der Waals surface area (Å²) in [5, 5.41) is 8.69. The van der Waals surface area contributed by atoms with Crippen molar-refractivity contribution in [1.82, 2.24) is 0 Å². The minimum atomic E-state index is 0. The molecule has 1 heterocycles. The van der Waals surface area contributed by atoms with Gasteiger partial charge in [0.25, 0.3) is 0 Å². The van der Waals surface area contributed by atoms with E-state index >= 15 is 0 Å². The predicted octanol–water partition coefficient (Wildman–Crippen LogP) is 1.04. The summed E-state index contributed by atoms with van der Waals surface area (Å²) >= 11 is 0. The Morgan fingerprint density at radius 3 is 1.90 bits per heavy atom. The van der Waals surface area contributed by atoms with E-state index in [1.807, 2.05) is 0 Å². The van der Waals surface area contributed by atoms with Crippen LogP contribution in [0.1, 0.15) is 70.3 Å². The Labute approximate surface area is 141 Å². The molecule has 0 atom stereocenters. The lowest BCUT2D eigenvalue weighted by Gasteiger charge is -2.01. The molecule has 0 aliphatic heterocycles. The van der Waals surface area contributed by atoms with E-state index in [1.54, 1.807) is 0 Å². The highest BCUT2D eigenvalue weighted by Crippen LogP contribution is 2.08. The maximum atomic E-state index is 8.69. The number of aliphatic hydroxyl groups excluding tert-OH is 1. The lowest BCUT2D eigenvalue weighted by molar-refractivity contribution is -0.697. The number of aryl methyl sites for hydroxylation is 2. The standard InChI is InChI=1S/C18H32NO.BrH/c1-2-11-18-12-15-19(16-13-18)14-9-7-5-3-4-6-8-10-17-20;/h12-13,15-16,20H,2-11,14,17H2,1H3;1H/q+1;/p-1. The summed E-state index contributed by atoms with van der Waals surface area (Å²) in [5.74, 6) is 0. The predicted molar refractivity (Wildman–Crippen MR) is 84.7 cm³/mol. The Hall–Kier alpha value is -0.410. The number of aliphatic hydroxyl groups is 1. The van der Waals surface area contributed by atoms with E-state index < -0.39 is 0 Å². The molecule has 2 nitrogen and oxygen atoms in total. The molecule has 0 aliphatic carbocycles. The fourth-order valence-electron chi connectivity index (χ4n) is 2.56. The molecule has 0 aromatic carbocycles. The summed E-state index contributed by atoms with van der Waals surface area (Å²) in [7, 11) is 0. The molecule has 1 rings (SSSR count). The summed E-state index contributed by atoms with van der Waals surface area (Å²) < 4.78 is 2.31. The van der Waals surface area contributed by atoms with Crippen molar-refractivity contribution >= 4 is 0 Å². The third kappa shape index (κ3) is 10.9. The van der Waals surface area contributed by atoms with Crippen LogP contribution < -0.4 is 21.5 Å². The van der Waals surface area contributed by atoms with Gasteiger partial charge in [0.2, 0.25) is 0 Å². The summed E-state index contributed by atoms with van der Waals surface area (Å²) in [6.07, 6.45) is 17.0. The van der Waals surface area contributed by atoms with Crippen LogP contribution >= 0.6 is 0 Å². The van der Waals surface area contributed by atoms with Crippen LogP contribution in [-0.4, -0.2) is 11.7 Å². The molecule has 21 heavy (non-hydrogen) atoms. The summed E-state index contributed by atoms with van der Waals surface area (Å²) in [6, 6.07) is 4.51. The number of unbranched alkanes of at least 4 members (excludes halogenated alkanes) is 7. The Kier molecular flexibility index (Phi) is 14.2. The largest absolute Gasteiger partial charge is 1.00 e. The quantitative estimate of drug-likeness (QED) is 0.438. The smallest absolute Gasteiger partial charge is 0.169 e. The van der Waals surface area contributed by atoms with Crippen molar-refractivity contribution in [2.24, 2.45) is 0 Å². The van der Waals surface area contributed by atoms with Crippen LogP contribution in [0.3, 0.4) is 0 Å². The number of aromatic nitrogens is 1. The van der Waals surface area contributed by atoms with Gasteiger partial charge in [0.05, 0.1) is 0 Å². The third-order valence-corrected chi connectivity index (χ3v) is 3.82. The second-order valence-electron chi connectivity index (χ2n) is 5.75. The van der Waals surface area contributed by atoms with Gasteiger partial charge in [0.1, 0.15) is 6.54 Å². The van der Waals surface area contributed by atoms with E-state index in [-0.39, 0.29) is 17.0 Å². The van der Waals surface area contributed by atoms with Crippen molar-refractivity contribution < 1.29 is 26.7 Å². The van der Waals surface area contributed by atoms with E-state index in [9.17, 15) is 0 Å². The van der Waals surface area contributed by atoms with Gasteiger partial charge >= 0.3 is 0 Å². The fraction of sp³-hybridized carbons (Fsp3) is 0.722. The molecule has 1 aromatic heterocycles. The first-order chi connectivity index (χ1) is 9.86. The molecule has 0 radical (unpaired) electrons. The van der Waals surface area contributed by atoms with E-state index in [1.165, 1.54) is 63.4 Å². The first-order valence-corrected chi connectivity index (χ1v) is 8.45. The molecule has 0 bridgehead atoms. The van der Waals surface area contributed by atoms with Crippen molar-refractivity contribution in [3.63, 3.8) is 0 Å². The summed E-state index contributed by atoms with van der Waals surface area (Å²) in [5.41, 5.74) is 1.45. The molecular weight excluding hydrogens is 326 g/mol. The highest BCUT2D eigenvalue weighted by molar-refractivity contribution is 5.06. The Morgan fingerprint density at radius 2 is 1.38 bits per heavy atom. The molecule has 0 spiro atoms. The Morgan fingerprint density at radius 1 is 0.857 bits per heavy atom. The maximum Gasteiger partial charge on any atom is 0.169 e. The molecule has 0 unspecified atom stereocenters. The zero-order chi connectivity index (χ0) is 14.5. The lowest BCUT2D eigenvalue weighted by Crippen LogP contribution is -3.00. The minimum Gasteiger partial charge on any atom is -1.00 e. The molecule has 1 N–H and O–H groups in total. The molecule has 0 aliphatic rings. The zero-order valence-electron chi connectivity index (χ0n) is 13.6. The minimum absolute atomic E-state index is 0. The van der Waals surface area contributed by atoms with E-state index in [4.69, 9.17) is 5.11 Å². The zero-order valence-corrected chi connectivity index (χ0v) is 15.2. The van der Waals surface area contributed by atoms with Gasteiger partial charge in [-0.15, -0.1) is 0 Å². The third-order valence-electron chi connectivity index (χ3n) is 3.82. The molecule has 0 saturated heterocycles. The van der Waals surface area contributed by atoms with Gasteiger partial charge in [-0.05, 0) is 24.8 Å². The second-order valence-corrected chi connectivity index (χ2v) is 5.75. The first-order valence-electron chi connectivity index (χ1n) is 8.45. The molecule has 1 aromatic rings. The monoisotopic (exact) mass is 357 g/mol. The number of hydrogen-bond acceptors (Lipinski definition) is 1. The van der Waals surface area contributed by atoms with Crippen LogP contribution in [0, 0.1) is 0 Å². The highest BCUT2D eigenvalue weighted by atomic mass is 79.9. The van der Waals surface area contributed by atoms with Crippen LogP contribution in [0.25, 0.3) is 0 Å². The SMILES string of the molecule is CCCc1cc[n+](CCCCCCCCCCO)cc1.[Br-]. The van der Waals surface area contributed by atoms with Crippen molar-refractivity contribution in [3.8, 4) is 0 Å². The average molecular weight is 358 g/mol. The molecule has 0 saturated carbocycles. The van der Waals surface area contributed by atoms with Gasteiger partial charge in [-0.25, -0.2) is 4.57 Å². The van der Waals surface area contributed by atoms with E-state index in [2.05, 4.69) is 36.0 Å². The normalized spacial score (nSPS) is 10.4. The number of hydrogen-bond donors (Lipinski definition) is 1. The van der Waals surface area contributed by atoms with Crippen molar-refractivity contribution in [3.05, 3.63) is 30.1 Å².